The fourth-order valence-corrected chi connectivity index (χ4v) is 2.64. The first-order chi connectivity index (χ1) is 7.99. The molecule has 2 unspecified atom stereocenters. The first-order valence-electron chi connectivity index (χ1n) is 5.83. The summed E-state index contributed by atoms with van der Waals surface area (Å²) in [6.07, 6.45) is 0. The third-order valence-corrected chi connectivity index (χ3v) is 4.01. The van der Waals surface area contributed by atoms with Crippen LogP contribution in [0.15, 0.2) is 18.2 Å². The smallest absolute Gasteiger partial charge is 0.106 e. The van der Waals surface area contributed by atoms with E-state index in [1.54, 1.807) is 0 Å². The van der Waals surface area contributed by atoms with Gasteiger partial charge in [-0.05, 0) is 30.0 Å². The lowest BCUT2D eigenvalue weighted by Gasteiger charge is -2.21. The highest BCUT2D eigenvalue weighted by molar-refractivity contribution is 7.80. The number of hydrogen-bond donors (Lipinski definition) is 1. The second-order valence-corrected chi connectivity index (χ2v) is 5.76. The normalized spacial score (nSPS) is 24.1. The molecule has 0 bridgehead atoms. The van der Waals surface area contributed by atoms with Gasteiger partial charge in [0.05, 0.1) is 0 Å². The van der Waals surface area contributed by atoms with Crippen LogP contribution in [0.2, 0.25) is 5.02 Å². The van der Waals surface area contributed by atoms with Crippen LogP contribution in [-0.2, 0) is 0 Å². The Bertz CT molecular complexity index is 437. The van der Waals surface area contributed by atoms with E-state index in [9.17, 15) is 0 Å². The molecule has 92 valence electrons. The van der Waals surface area contributed by atoms with E-state index in [2.05, 4.69) is 18.7 Å². The number of thiocarbonyl (C=S) groups is 1. The van der Waals surface area contributed by atoms with Crippen molar-refractivity contribution >= 4 is 34.5 Å². The molecule has 1 aliphatic rings. The SMILES string of the molecule is CC1CN(c2ccc(Cl)cc2C(N)=S)CC1C. The lowest BCUT2D eigenvalue weighted by molar-refractivity contribution is 0.494. The highest BCUT2D eigenvalue weighted by Gasteiger charge is 2.27. The third kappa shape index (κ3) is 2.55. The maximum Gasteiger partial charge on any atom is 0.106 e. The summed E-state index contributed by atoms with van der Waals surface area (Å²) < 4.78 is 0. The van der Waals surface area contributed by atoms with Crippen LogP contribution in [0.25, 0.3) is 0 Å². The fourth-order valence-electron chi connectivity index (χ4n) is 2.31. The number of hydrogen-bond acceptors (Lipinski definition) is 2. The van der Waals surface area contributed by atoms with Crippen LogP contribution in [0.1, 0.15) is 19.4 Å². The molecule has 17 heavy (non-hydrogen) atoms. The molecule has 2 nitrogen and oxygen atoms in total. The Labute approximate surface area is 113 Å². The van der Waals surface area contributed by atoms with Crippen molar-refractivity contribution in [3.8, 4) is 0 Å². The molecule has 1 aromatic rings. The Morgan fingerprint density at radius 3 is 2.47 bits per heavy atom. The van der Waals surface area contributed by atoms with Gasteiger partial charge in [-0.3, -0.25) is 0 Å². The maximum absolute atomic E-state index is 5.99. The van der Waals surface area contributed by atoms with E-state index >= 15 is 0 Å². The molecule has 2 rings (SSSR count). The van der Waals surface area contributed by atoms with Crippen molar-refractivity contribution in [2.75, 3.05) is 18.0 Å². The second kappa shape index (κ2) is 4.83. The van der Waals surface area contributed by atoms with Gasteiger partial charge in [0.1, 0.15) is 4.99 Å². The molecule has 0 amide bonds. The van der Waals surface area contributed by atoms with Crippen LogP contribution in [0, 0.1) is 11.8 Å². The maximum atomic E-state index is 5.99. The summed E-state index contributed by atoms with van der Waals surface area (Å²) in [5.41, 5.74) is 7.76. The van der Waals surface area contributed by atoms with Crippen molar-refractivity contribution in [3.05, 3.63) is 28.8 Å². The van der Waals surface area contributed by atoms with Gasteiger partial charge in [-0.25, -0.2) is 0 Å². The van der Waals surface area contributed by atoms with Crippen molar-refractivity contribution in [2.45, 2.75) is 13.8 Å². The van der Waals surface area contributed by atoms with Crippen LogP contribution in [0.5, 0.6) is 0 Å². The quantitative estimate of drug-likeness (QED) is 0.836. The first kappa shape index (κ1) is 12.7. The van der Waals surface area contributed by atoms with Crippen LogP contribution in [0.3, 0.4) is 0 Å². The standard InChI is InChI=1S/C13H17ClN2S/c1-8-6-16(7-9(8)2)12-4-3-10(14)5-11(12)13(15)17/h3-5,8-9H,6-7H2,1-2H3,(H2,15,17). The number of halogens is 1. The van der Waals surface area contributed by atoms with E-state index in [-0.39, 0.29) is 0 Å². The van der Waals surface area contributed by atoms with Crippen molar-refractivity contribution in [3.63, 3.8) is 0 Å². The summed E-state index contributed by atoms with van der Waals surface area (Å²) in [7, 11) is 0. The molecular formula is C13H17ClN2S. The van der Waals surface area contributed by atoms with E-state index in [0.717, 1.165) is 24.3 Å². The van der Waals surface area contributed by atoms with E-state index in [1.165, 1.54) is 0 Å². The zero-order chi connectivity index (χ0) is 12.6. The summed E-state index contributed by atoms with van der Waals surface area (Å²) >= 11 is 11.1. The lowest BCUT2D eigenvalue weighted by Crippen LogP contribution is -2.23. The third-order valence-electron chi connectivity index (χ3n) is 3.55. The van der Waals surface area contributed by atoms with Gasteiger partial charge in [-0.1, -0.05) is 37.7 Å². The minimum Gasteiger partial charge on any atom is -0.389 e. The van der Waals surface area contributed by atoms with Gasteiger partial charge < -0.3 is 10.6 Å². The molecule has 0 aliphatic carbocycles. The van der Waals surface area contributed by atoms with E-state index < -0.39 is 0 Å². The fraction of sp³-hybridized carbons (Fsp3) is 0.462. The number of benzene rings is 1. The largest absolute Gasteiger partial charge is 0.389 e. The molecule has 0 aromatic heterocycles. The summed E-state index contributed by atoms with van der Waals surface area (Å²) in [4.78, 5) is 2.76. The summed E-state index contributed by atoms with van der Waals surface area (Å²) in [5.74, 6) is 1.40. The summed E-state index contributed by atoms with van der Waals surface area (Å²) in [5, 5.41) is 0.678. The summed E-state index contributed by atoms with van der Waals surface area (Å²) in [6.45, 7) is 6.67. The second-order valence-electron chi connectivity index (χ2n) is 4.89. The monoisotopic (exact) mass is 268 g/mol. The van der Waals surface area contributed by atoms with Gasteiger partial charge >= 0.3 is 0 Å². The number of anilines is 1. The van der Waals surface area contributed by atoms with Crippen LogP contribution >= 0.6 is 23.8 Å². The van der Waals surface area contributed by atoms with Crippen molar-refractivity contribution in [2.24, 2.45) is 17.6 Å². The van der Waals surface area contributed by atoms with E-state index in [4.69, 9.17) is 29.6 Å². The predicted molar refractivity (Wildman–Crippen MR) is 77.9 cm³/mol. The molecule has 1 saturated heterocycles. The van der Waals surface area contributed by atoms with Crippen molar-refractivity contribution in [1.82, 2.24) is 0 Å². The molecule has 1 aliphatic heterocycles. The molecule has 0 saturated carbocycles. The molecular weight excluding hydrogens is 252 g/mol. The summed E-state index contributed by atoms with van der Waals surface area (Å²) in [6, 6.07) is 5.76. The Balaban J connectivity index is 2.36. The highest BCUT2D eigenvalue weighted by Crippen LogP contribution is 2.31. The molecule has 2 N–H and O–H groups in total. The average molecular weight is 269 g/mol. The molecule has 2 atom stereocenters. The van der Waals surface area contributed by atoms with Crippen molar-refractivity contribution in [1.29, 1.82) is 0 Å². The molecule has 1 aromatic carbocycles. The van der Waals surface area contributed by atoms with Gasteiger partial charge in [0.25, 0.3) is 0 Å². The van der Waals surface area contributed by atoms with Crippen LogP contribution < -0.4 is 10.6 Å². The van der Waals surface area contributed by atoms with E-state index in [1.807, 2.05) is 18.2 Å². The van der Waals surface area contributed by atoms with Gasteiger partial charge in [-0.2, -0.15) is 0 Å². The van der Waals surface area contributed by atoms with Gasteiger partial charge in [0, 0.05) is 29.4 Å². The molecule has 1 heterocycles. The van der Waals surface area contributed by atoms with Crippen LogP contribution in [-0.4, -0.2) is 18.1 Å². The zero-order valence-corrected chi connectivity index (χ0v) is 11.7. The number of nitrogens with zero attached hydrogens (tertiary/aromatic N) is 1. The van der Waals surface area contributed by atoms with Gasteiger partial charge in [0.2, 0.25) is 0 Å². The lowest BCUT2D eigenvalue weighted by atomic mass is 10.0. The van der Waals surface area contributed by atoms with Gasteiger partial charge in [0.15, 0.2) is 0 Å². The highest BCUT2D eigenvalue weighted by atomic mass is 35.5. The molecule has 1 fully saturated rings. The molecule has 4 heteroatoms. The number of rotatable bonds is 2. The Kier molecular flexibility index (Phi) is 3.59. The first-order valence-corrected chi connectivity index (χ1v) is 6.62. The van der Waals surface area contributed by atoms with Crippen LogP contribution in [0.4, 0.5) is 5.69 Å². The minimum atomic E-state index is 0.412. The number of nitrogens with two attached hydrogens (primary N) is 1. The zero-order valence-electron chi connectivity index (χ0n) is 10.1. The van der Waals surface area contributed by atoms with Gasteiger partial charge in [-0.15, -0.1) is 0 Å². The Morgan fingerprint density at radius 2 is 1.94 bits per heavy atom. The van der Waals surface area contributed by atoms with Crippen molar-refractivity contribution < 1.29 is 0 Å². The minimum absolute atomic E-state index is 0.412. The Morgan fingerprint density at radius 1 is 1.35 bits per heavy atom. The Hall–Kier alpha value is -0.800. The molecule has 0 spiro atoms. The molecule has 0 radical (unpaired) electrons. The van der Waals surface area contributed by atoms with E-state index in [0.29, 0.717) is 21.8 Å². The predicted octanol–water partition coefficient (Wildman–Crippen LogP) is 3.07. The average Bonchev–Trinajstić information content (AvgIpc) is 2.59. The topological polar surface area (TPSA) is 29.3 Å².